The van der Waals surface area contributed by atoms with E-state index in [1.807, 2.05) is 0 Å². The van der Waals surface area contributed by atoms with Gasteiger partial charge < -0.3 is 0 Å². The van der Waals surface area contributed by atoms with Gasteiger partial charge in [0.1, 0.15) is 0 Å². The van der Waals surface area contributed by atoms with Crippen LogP contribution < -0.4 is 0 Å². The van der Waals surface area contributed by atoms with E-state index in [-0.39, 0.29) is 0 Å². The molecule has 1 heterocycles. The van der Waals surface area contributed by atoms with E-state index >= 15 is 0 Å². The van der Waals surface area contributed by atoms with Crippen molar-refractivity contribution in [2.75, 3.05) is 0 Å². The van der Waals surface area contributed by atoms with Crippen molar-refractivity contribution in [3.8, 4) is 0 Å². The maximum atomic E-state index is 10.5. The molecule has 0 bridgehead atoms. The summed E-state index contributed by atoms with van der Waals surface area (Å²) in [6.07, 6.45) is 0. The molecule has 1 rings (SSSR count). The highest BCUT2D eigenvalue weighted by Gasteiger charge is 2.60. The minimum atomic E-state index is -0.759. The highest BCUT2D eigenvalue weighted by Crippen LogP contribution is 2.76. The third-order valence-electron chi connectivity index (χ3n) is 0.388. The molecule has 0 aromatic rings. The van der Waals surface area contributed by atoms with Crippen molar-refractivity contribution in [2.45, 2.75) is 0 Å². The zero-order valence-electron chi connectivity index (χ0n) is 2.94. The zero-order valence-corrected chi connectivity index (χ0v) is 7.99. The topological polar surface area (TPSA) is 17.1 Å². The molecule has 0 aromatic heterocycles. The molecule has 0 radical (unpaired) electrons. The van der Waals surface area contributed by atoms with Crippen molar-refractivity contribution in [2.24, 2.45) is 0 Å². The van der Waals surface area contributed by atoms with Gasteiger partial charge >= 0.3 is 31.2 Å². The summed E-state index contributed by atoms with van der Waals surface area (Å²) in [5.41, 5.74) is 0. The molecule has 1 aliphatic heterocycles. The monoisotopic (exact) mass is 206 g/mol. The Bertz CT molecular complexity index is 143. The van der Waals surface area contributed by atoms with Gasteiger partial charge in [0.2, 0.25) is 0 Å². The van der Waals surface area contributed by atoms with Gasteiger partial charge in [-0.2, -0.15) is 4.21 Å². The standard InChI is InChI=1S/OP2S4/c1-7-2(4)6-3(7)5/q+2. The average Bonchev–Trinajstić information content (AvgIpc) is 1.68. The van der Waals surface area contributed by atoms with Crippen molar-refractivity contribution >= 4 is 54.9 Å². The second-order valence-electron chi connectivity index (χ2n) is 0.760. The van der Waals surface area contributed by atoms with Crippen LogP contribution in [-0.2, 0) is 33.7 Å². The van der Waals surface area contributed by atoms with Crippen LogP contribution in [0.3, 0.4) is 0 Å². The third-order valence-corrected chi connectivity index (χ3v) is 24.9. The average molecular weight is 206 g/mol. The third kappa shape index (κ3) is 1.26. The Morgan fingerprint density at radius 1 is 1.43 bits per heavy atom. The fourth-order valence-electron chi connectivity index (χ4n) is 0.142. The summed E-state index contributed by atoms with van der Waals surface area (Å²) in [6, 6.07) is 0. The molecule has 7 heavy (non-hydrogen) atoms. The Morgan fingerprint density at radius 2 is 1.86 bits per heavy atom. The molecule has 38 valence electrons. The fourth-order valence-corrected chi connectivity index (χ4v) is 24.7. The summed E-state index contributed by atoms with van der Waals surface area (Å²) in [5.74, 6) is 0. The Morgan fingerprint density at radius 3 is 1.86 bits per heavy atom. The van der Waals surface area contributed by atoms with Crippen LogP contribution in [0.2, 0.25) is 0 Å². The quantitative estimate of drug-likeness (QED) is 0.564. The van der Waals surface area contributed by atoms with Gasteiger partial charge in [0.25, 0.3) is 0 Å². The first-order chi connectivity index (χ1) is 3.22. The van der Waals surface area contributed by atoms with Gasteiger partial charge in [0, 0.05) is 0 Å². The van der Waals surface area contributed by atoms with E-state index < -0.39 is 20.2 Å². The van der Waals surface area contributed by atoms with Crippen LogP contribution in [0.1, 0.15) is 0 Å². The molecule has 0 saturated carbocycles. The van der Waals surface area contributed by atoms with Crippen molar-refractivity contribution in [3.05, 3.63) is 0 Å². The fraction of sp³-hybridized carbons (Fsp3) is 0. The van der Waals surface area contributed by atoms with Gasteiger partial charge in [-0.3, -0.25) is 0 Å². The predicted octanol–water partition coefficient (Wildman–Crippen LogP) is 2.03. The minimum absolute atomic E-state index is 0.621. The van der Waals surface area contributed by atoms with E-state index in [1.54, 1.807) is 11.0 Å². The van der Waals surface area contributed by atoms with Crippen LogP contribution >= 0.6 is 21.2 Å². The molecule has 0 spiro atoms. The lowest BCUT2D eigenvalue weighted by molar-refractivity contribution is 0.698. The zero-order chi connectivity index (χ0) is 5.44. The van der Waals surface area contributed by atoms with Gasteiger partial charge in [0.15, 0.2) is 23.6 Å². The molecule has 2 unspecified atom stereocenters. The first kappa shape index (κ1) is 6.66. The Hall–Kier alpha value is 1.54. The molecular weight excluding hydrogens is 206 g/mol. The molecule has 2 atom stereocenters. The lowest BCUT2D eigenvalue weighted by atomic mass is 16.0. The summed E-state index contributed by atoms with van der Waals surface area (Å²) in [7, 11) is -0.759. The normalized spacial score (nSPS) is 40.3. The van der Waals surface area contributed by atoms with Crippen molar-refractivity contribution in [1.82, 2.24) is 0 Å². The largest absolute Gasteiger partial charge is 0.469 e. The second kappa shape index (κ2) is 2.42. The van der Waals surface area contributed by atoms with E-state index in [0.29, 0.717) is 0 Å². The Kier molecular flexibility index (Phi) is 2.30. The van der Waals surface area contributed by atoms with Gasteiger partial charge in [-0.05, 0) is 0 Å². The van der Waals surface area contributed by atoms with Crippen LogP contribution in [0.4, 0.5) is 0 Å². The van der Waals surface area contributed by atoms with Crippen LogP contribution in [0.15, 0.2) is 0 Å². The molecular formula is OP2S4+2. The van der Waals surface area contributed by atoms with Crippen LogP contribution in [-0.4, -0.2) is 4.21 Å². The molecule has 1 fully saturated rings. The minimum Gasteiger partial charge on any atom is -0.157 e. The Balaban J connectivity index is 2.78. The smallest absolute Gasteiger partial charge is 0.157 e. The van der Waals surface area contributed by atoms with Crippen LogP contribution in [0, 0.1) is 0 Å². The molecule has 0 aliphatic carbocycles. The second-order valence-corrected chi connectivity index (χ2v) is 17.8. The number of hydrogen-bond acceptors (Lipinski definition) is 4. The first-order valence-corrected chi connectivity index (χ1v) is 10.4. The van der Waals surface area contributed by atoms with E-state index in [4.69, 9.17) is 23.6 Å². The molecule has 1 nitrogen and oxygen atoms in total. The molecule has 0 aromatic carbocycles. The highest BCUT2D eigenvalue weighted by molar-refractivity contribution is 9.35. The maximum Gasteiger partial charge on any atom is 0.469 e. The van der Waals surface area contributed by atoms with E-state index in [9.17, 15) is 4.21 Å². The maximum absolute atomic E-state index is 10.5. The first-order valence-electron chi connectivity index (χ1n) is 1.26. The molecule has 0 N–H and O–H groups in total. The van der Waals surface area contributed by atoms with Gasteiger partial charge in [-0.15, -0.1) is 0 Å². The number of hydrogen-bond donors (Lipinski definition) is 0. The lowest BCUT2D eigenvalue weighted by Gasteiger charge is -1.77. The SMILES string of the molecule is O=S1[P+](=S)S[P+]1=S. The predicted molar refractivity (Wildman–Crippen MR) is 44.3 cm³/mol. The summed E-state index contributed by atoms with van der Waals surface area (Å²) in [5, 5.41) is -1.24. The van der Waals surface area contributed by atoms with Crippen LogP contribution in [0.25, 0.3) is 0 Å². The summed E-state index contributed by atoms with van der Waals surface area (Å²) >= 11 is 11.0. The molecule has 1 saturated heterocycles. The van der Waals surface area contributed by atoms with E-state index in [0.717, 1.165) is 0 Å². The summed E-state index contributed by atoms with van der Waals surface area (Å²) in [6.45, 7) is 0. The van der Waals surface area contributed by atoms with Crippen molar-refractivity contribution in [1.29, 1.82) is 0 Å². The van der Waals surface area contributed by atoms with Crippen molar-refractivity contribution in [3.63, 3.8) is 0 Å². The Labute approximate surface area is 58.9 Å². The van der Waals surface area contributed by atoms with Crippen molar-refractivity contribution < 1.29 is 4.21 Å². The van der Waals surface area contributed by atoms with E-state index in [2.05, 4.69) is 0 Å². The molecule has 7 heteroatoms. The molecule has 1 aliphatic rings. The van der Waals surface area contributed by atoms with E-state index in [1.165, 1.54) is 0 Å². The summed E-state index contributed by atoms with van der Waals surface area (Å²) < 4.78 is 10.5. The lowest BCUT2D eigenvalue weighted by Crippen LogP contribution is -1.73. The highest BCUT2D eigenvalue weighted by atomic mass is 33.7. The number of rotatable bonds is 0. The van der Waals surface area contributed by atoms with Gasteiger partial charge in [-0.25, -0.2) is 0 Å². The summed E-state index contributed by atoms with van der Waals surface area (Å²) in [4.78, 5) is 0. The van der Waals surface area contributed by atoms with Crippen LogP contribution in [0.5, 0.6) is 0 Å². The molecule has 0 amide bonds. The van der Waals surface area contributed by atoms with Gasteiger partial charge in [0.05, 0.1) is 0 Å². The van der Waals surface area contributed by atoms with Gasteiger partial charge in [-0.1, -0.05) is 0 Å².